The highest BCUT2D eigenvalue weighted by molar-refractivity contribution is 6.06. The Morgan fingerprint density at radius 1 is 1.06 bits per heavy atom. The van der Waals surface area contributed by atoms with Crippen LogP contribution >= 0.6 is 0 Å². The molecule has 0 unspecified atom stereocenters. The predicted molar refractivity (Wildman–Crippen MR) is 131 cm³/mol. The van der Waals surface area contributed by atoms with Crippen LogP contribution in [-0.2, 0) is 19.4 Å². The molecule has 1 amide bonds. The summed E-state index contributed by atoms with van der Waals surface area (Å²) >= 11 is 0. The molecule has 1 aromatic heterocycles. The summed E-state index contributed by atoms with van der Waals surface area (Å²) in [6.45, 7) is 2.95. The number of carbonyl (C=O) groups excluding carboxylic acids is 1. The molecule has 1 aliphatic heterocycles. The Hall–Kier alpha value is -4.54. The van der Waals surface area contributed by atoms with Gasteiger partial charge in [0.1, 0.15) is 11.4 Å². The van der Waals surface area contributed by atoms with E-state index in [2.05, 4.69) is 16.6 Å². The van der Waals surface area contributed by atoms with Crippen LogP contribution in [0.3, 0.4) is 0 Å². The normalized spacial score (nSPS) is 15.8. The maximum absolute atomic E-state index is 13.4. The van der Waals surface area contributed by atoms with Gasteiger partial charge in [0, 0.05) is 36.7 Å². The Balaban J connectivity index is 1.42. The molecule has 2 aromatic carbocycles. The monoisotopic (exact) mass is 489 g/mol. The molecule has 0 saturated carbocycles. The highest BCUT2D eigenvalue weighted by Gasteiger charge is 2.31. The van der Waals surface area contributed by atoms with Gasteiger partial charge in [0.15, 0.2) is 5.76 Å². The van der Waals surface area contributed by atoms with E-state index in [9.17, 15) is 25.0 Å². The number of nitro benzene ring substituents is 2. The molecular formula is C25H23N5O6. The van der Waals surface area contributed by atoms with Crippen molar-refractivity contribution in [2.75, 3.05) is 12.0 Å². The quantitative estimate of drug-likeness (QED) is 0.402. The van der Waals surface area contributed by atoms with Crippen molar-refractivity contribution in [3.63, 3.8) is 0 Å². The van der Waals surface area contributed by atoms with Gasteiger partial charge >= 0.3 is 5.69 Å². The smallest absolute Gasteiger partial charge is 0.301 e. The second-order valence-electron chi connectivity index (χ2n) is 8.84. The number of nitrogens with one attached hydrogen (secondary N) is 1. The lowest BCUT2D eigenvalue weighted by Crippen LogP contribution is -2.36. The highest BCUT2D eigenvalue weighted by atomic mass is 16.6. The van der Waals surface area contributed by atoms with Crippen LogP contribution in [0.2, 0.25) is 0 Å². The van der Waals surface area contributed by atoms with E-state index in [1.165, 1.54) is 17.7 Å². The Kier molecular flexibility index (Phi) is 5.96. The van der Waals surface area contributed by atoms with Gasteiger partial charge in [-0.3, -0.25) is 30.4 Å². The number of hydrogen-bond donors (Lipinski definition) is 1. The van der Waals surface area contributed by atoms with Crippen LogP contribution in [0.5, 0.6) is 0 Å². The number of nitrogens with zero attached hydrogens (tertiary/aromatic N) is 4. The third kappa shape index (κ3) is 4.19. The van der Waals surface area contributed by atoms with Crippen LogP contribution in [0, 0.1) is 27.2 Å². The number of hydrogen-bond acceptors (Lipinski definition) is 8. The average molecular weight is 489 g/mol. The molecule has 0 saturated heterocycles. The SMILES string of the molecule is Cc1c(C(=O)N2CCc3ccccc3C2)oc2c1/C(=N/Nc1ccc([N+](=O)[O-])cc1[N+](=O)[O-])CCC2. The lowest BCUT2D eigenvalue weighted by molar-refractivity contribution is -0.393. The second kappa shape index (κ2) is 9.25. The third-order valence-electron chi connectivity index (χ3n) is 6.64. The molecule has 5 rings (SSSR count). The molecule has 0 radical (unpaired) electrons. The van der Waals surface area contributed by atoms with Crippen LogP contribution < -0.4 is 5.43 Å². The molecule has 3 aromatic rings. The summed E-state index contributed by atoms with van der Waals surface area (Å²) in [5.74, 6) is 0.781. The van der Waals surface area contributed by atoms with Crippen molar-refractivity contribution in [2.45, 2.75) is 39.2 Å². The maximum atomic E-state index is 13.4. The zero-order valence-corrected chi connectivity index (χ0v) is 19.5. The van der Waals surface area contributed by atoms with Crippen molar-refractivity contribution >= 4 is 28.7 Å². The zero-order valence-electron chi connectivity index (χ0n) is 19.5. The van der Waals surface area contributed by atoms with E-state index >= 15 is 0 Å². The minimum Gasteiger partial charge on any atom is -0.455 e. The Labute approximate surface area is 205 Å². The molecule has 0 spiro atoms. The number of aryl methyl sites for hydroxylation is 1. The first-order valence-corrected chi connectivity index (χ1v) is 11.6. The van der Waals surface area contributed by atoms with E-state index in [0.29, 0.717) is 43.0 Å². The largest absolute Gasteiger partial charge is 0.455 e. The molecule has 0 fully saturated rings. The van der Waals surface area contributed by atoms with Crippen molar-refractivity contribution in [3.8, 4) is 0 Å². The van der Waals surface area contributed by atoms with E-state index < -0.39 is 15.5 Å². The summed E-state index contributed by atoms with van der Waals surface area (Å²) in [6.07, 6.45) is 2.77. The van der Waals surface area contributed by atoms with Crippen molar-refractivity contribution in [1.82, 2.24) is 4.90 Å². The van der Waals surface area contributed by atoms with Gasteiger partial charge in [-0.15, -0.1) is 0 Å². The van der Waals surface area contributed by atoms with Crippen molar-refractivity contribution in [2.24, 2.45) is 5.10 Å². The van der Waals surface area contributed by atoms with Gasteiger partial charge < -0.3 is 9.32 Å². The molecule has 36 heavy (non-hydrogen) atoms. The van der Waals surface area contributed by atoms with Gasteiger partial charge in [-0.1, -0.05) is 24.3 Å². The number of non-ortho nitro benzene ring substituents is 1. The first kappa shape index (κ1) is 23.2. The van der Waals surface area contributed by atoms with Gasteiger partial charge in [0.2, 0.25) is 0 Å². The molecule has 184 valence electrons. The summed E-state index contributed by atoms with van der Waals surface area (Å²) in [5.41, 5.74) is 6.32. The molecular weight excluding hydrogens is 466 g/mol. The number of rotatable bonds is 5. The predicted octanol–water partition coefficient (Wildman–Crippen LogP) is 4.76. The number of fused-ring (bicyclic) bond motifs is 2. The summed E-state index contributed by atoms with van der Waals surface area (Å²) in [5, 5.41) is 26.8. The molecule has 1 aliphatic carbocycles. The van der Waals surface area contributed by atoms with Crippen molar-refractivity contribution in [1.29, 1.82) is 0 Å². The standard InChI is InChI=1S/C25H23N5O6/c1-15-23-20(27-26-19-10-9-18(29(32)33)13-21(19)30(34)35)7-4-8-22(23)36-24(15)25(31)28-12-11-16-5-2-3-6-17(16)14-28/h2-3,5-6,9-10,13,26H,4,7-8,11-12,14H2,1H3/b27-20+. The van der Waals surface area contributed by atoms with Gasteiger partial charge in [-0.25, -0.2) is 0 Å². The first-order chi connectivity index (χ1) is 17.3. The van der Waals surface area contributed by atoms with Crippen LogP contribution in [-0.4, -0.2) is 32.9 Å². The number of furan rings is 1. The fourth-order valence-electron chi connectivity index (χ4n) is 4.80. The van der Waals surface area contributed by atoms with Crippen molar-refractivity contribution in [3.05, 3.63) is 96.5 Å². The Morgan fingerprint density at radius 3 is 2.58 bits per heavy atom. The molecule has 11 heteroatoms. The van der Waals surface area contributed by atoms with E-state index in [1.54, 1.807) is 4.90 Å². The first-order valence-electron chi connectivity index (χ1n) is 11.6. The highest BCUT2D eigenvalue weighted by Crippen LogP contribution is 2.33. The van der Waals surface area contributed by atoms with Gasteiger partial charge in [-0.2, -0.15) is 5.10 Å². The number of benzene rings is 2. The summed E-state index contributed by atoms with van der Waals surface area (Å²) in [7, 11) is 0. The van der Waals surface area contributed by atoms with Gasteiger partial charge in [-0.05, 0) is 43.4 Å². The lowest BCUT2D eigenvalue weighted by atomic mass is 9.93. The summed E-state index contributed by atoms with van der Waals surface area (Å²) < 4.78 is 6.04. The Morgan fingerprint density at radius 2 is 1.83 bits per heavy atom. The molecule has 2 heterocycles. The van der Waals surface area contributed by atoms with E-state index in [4.69, 9.17) is 4.42 Å². The maximum Gasteiger partial charge on any atom is 0.301 e. The van der Waals surface area contributed by atoms with E-state index in [-0.39, 0.29) is 23.0 Å². The number of hydrazone groups is 1. The zero-order chi connectivity index (χ0) is 25.4. The summed E-state index contributed by atoms with van der Waals surface area (Å²) in [6, 6.07) is 11.4. The molecule has 1 N–H and O–H groups in total. The number of anilines is 1. The molecule has 0 bridgehead atoms. The van der Waals surface area contributed by atoms with E-state index in [0.717, 1.165) is 30.0 Å². The van der Waals surface area contributed by atoms with Crippen LogP contribution in [0.25, 0.3) is 0 Å². The lowest BCUT2D eigenvalue weighted by Gasteiger charge is -2.28. The molecule has 11 nitrogen and oxygen atoms in total. The van der Waals surface area contributed by atoms with Gasteiger partial charge in [0.25, 0.3) is 11.6 Å². The summed E-state index contributed by atoms with van der Waals surface area (Å²) in [4.78, 5) is 36.2. The van der Waals surface area contributed by atoms with E-state index in [1.807, 2.05) is 25.1 Å². The van der Waals surface area contributed by atoms with Gasteiger partial charge in [0.05, 0.1) is 21.6 Å². The third-order valence-corrected chi connectivity index (χ3v) is 6.64. The van der Waals surface area contributed by atoms with Crippen molar-refractivity contribution < 1.29 is 19.1 Å². The van der Waals surface area contributed by atoms with Crippen LogP contribution in [0.1, 0.15) is 51.4 Å². The topological polar surface area (TPSA) is 144 Å². The van der Waals surface area contributed by atoms with Crippen LogP contribution in [0.15, 0.2) is 52.0 Å². The fourth-order valence-corrected chi connectivity index (χ4v) is 4.80. The molecule has 2 aliphatic rings. The van der Waals surface area contributed by atoms with Crippen LogP contribution in [0.4, 0.5) is 17.1 Å². The number of nitro groups is 2. The number of amides is 1. The average Bonchev–Trinajstić information content (AvgIpc) is 3.23. The molecule has 0 atom stereocenters. The fraction of sp³-hybridized carbons (Fsp3) is 0.280. The minimum atomic E-state index is -0.696. The number of carbonyl (C=O) groups is 1. The minimum absolute atomic E-state index is 0.0367. The Bertz CT molecular complexity index is 1430. The second-order valence-corrected chi connectivity index (χ2v) is 8.84.